The van der Waals surface area contributed by atoms with Crippen molar-refractivity contribution in [3.05, 3.63) is 70.3 Å². The number of hydrogen-bond donors (Lipinski definition) is 0. The number of methoxy groups -OCH3 is 1. The topological polar surface area (TPSA) is 9.23 Å². The molecule has 1 unspecified atom stereocenters. The Bertz CT molecular complexity index is 611. The zero-order valence-corrected chi connectivity index (χ0v) is 12.8. The number of ether oxygens (including phenoxy) is 1. The molecular formula is C17H17ClF2O. The van der Waals surface area contributed by atoms with E-state index in [-0.39, 0.29) is 0 Å². The third-order valence-corrected chi connectivity index (χ3v) is 3.91. The minimum absolute atomic E-state index is 0.292. The van der Waals surface area contributed by atoms with Crippen molar-refractivity contribution in [2.75, 3.05) is 13.7 Å². The Kier molecular flexibility index (Phi) is 5.32. The van der Waals surface area contributed by atoms with Gasteiger partial charge in [0.1, 0.15) is 11.6 Å². The molecule has 0 N–H and O–H groups in total. The van der Waals surface area contributed by atoms with Crippen LogP contribution in [-0.2, 0) is 11.2 Å². The molecule has 0 aromatic heterocycles. The average Bonchev–Trinajstić information content (AvgIpc) is 2.48. The molecule has 0 saturated heterocycles. The van der Waals surface area contributed by atoms with Crippen LogP contribution in [0.2, 0.25) is 0 Å². The van der Waals surface area contributed by atoms with Crippen LogP contribution >= 0.6 is 11.6 Å². The summed E-state index contributed by atoms with van der Waals surface area (Å²) in [4.78, 5) is 0. The van der Waals surface area contributed by atoms with Crippen LogP contribution in [0.1, 0.15) is 27.6 Å². The van der Waals surface area contributed by atoms with E-state index >= 15 is 0 Å². The molecule has 0 aliphatic carbocycles. The highest BCUT2D eigenvalue weighted by molar-refractivity contribution is 6.22. The van der Waals surface area contributed by atoms with Gasteiger partial charge in [-0.05, 0) is 36.1 Å². The molecule has 0 spiro atoms. The first kappa shape index (κ1) is 15.9. The van der Waals surface area contributed by atoms with Crippen LogP contribution in [0.5, 0.6) is 0 Å². The summed E-state index contributed by atoms with van der Waals surface area (Å²) in [6, 6.07) is 9.95. The Labute approximate surface area is 128 Å². The molecule has 2 aromatic rings. The molecule has 2 rings (SSSR count). The average molecular weight is 311 g/mol. The first-order valence-corrected chi connectivity index (χ1v) is 7.14. The van der Waals surface area contributed by atoms with Gasteiger partial charge in [-0.15, -0.1) is 11.6 Å². The number of rotatable bonds is 5. The normalized spacial score (nSPS) is 12.4. The second-order valence-corrected chi connectivity index (χ2v) is 5.41. The van der Waals surface area contributed by atoms with Crippen LogP contribution in [0.4, 0.5) is 8.78 Å². The van der Waals surface area contributed by atoms with E-state index in [2.05, 4.69) is 0 Å². The smallest absolute Gasteiger partial charge is 0.131 e. The Balaban J connectivity index is 2.23. The molecule has 0 amide bonds. The van der Waals surface area contributed by atoms with Crippen molar-refractivity contribution < 1.29 is 13.5 Å². The third kappa shape index (κ3) is 3.80. The van der Waals surface area contributed by atoms with Crippen LogP contribution < -0.4 is 0 Å². The first-order chi connectivity index (χ1) is 10.0. The van der Waals surface area contributed by atoms with Gasteiger partial charge in [-0.2, -0.15) is 0 Å². The van der Waals surface area contributed by atoms with Crippen molar-refractivity contribution in [2.24, 2.45) is 0 Å². The molecule has 0 aliphatic heterocycles. The number of halogens is 3. The molecule has 2 aromatic carbocycles. The summed E-state index contributed by atoms with van der Waals surface area (Å²) >= 11 is 6.33. The van der Waals surface area contributed by atoms with Crippen LogP contribution in [0.3, 0.4) is 0 Å². The Morgan fingerprint density at radius 2 is 1.76 bits per heavy atom. The van der Waals surface area contributed by atoms with Gasteiger partial charge >= 0.3 is 0 Å². The van der Waals surface area contributed by atoms with E-state index in [0.717, 1.165) is 23.6 Å². The second-order valence-electron chi connectivity index (χ2n) is 4.97. The van der Waals surface area contributed by atoms with E-state index in [0.29, 0.717) is 17.7 Å². The van der Waals surface area contributed by atoms with E-state index in [1.54, 1.807) is 14.0 Å². The number of benzene rings is 2. The van der Waals surface area contributed by atoms with Gasteiger partial charge < -0.3 is 4.74 Å². The molecule has 112 valence electrons. The standard InChI is InChI=1S/C17H17ClF2O/c1-11-9-14(16(20)10-15(11)19)17(18)13-5-3-12(4-6-13)7-8-21-2/h3-6,9-10,17H,7-8H2,1-2H3. The SMILES string of the molecule is COCCc1ccc(C(Cl)c2cc(C)c(F)cc2F)cc1. The van der Waals surface area contributed by atoms with Crippen molar-refractivity contribution in [3.8, 4) is 0 Å². The molecule has 0 saturated carbocycles. The summed E-state index contributed by atoms with van der Waals surface area (Å²) in [6.45, 7) is 2.24. The summed E-state index contributed by atoms with van der Waals surface area (Å²) < 4.78 is 32.2. The second kappa shape index (κ2) is 7.01. The molecule has 1 atom stereocenters. The summed E-state index contributed by atoms with van der Waals surface area (Å²) in [7, 11) is 1.66. The van der Waals surface area contributed by atoms with Crippen LogP contribution in [0.15, 0.2) is 36.4 Å². The predicted octanol–water partition coefficient (Wildman–Crippen LogP) is 4.79. The van der Waals surface area contributed by atoms with E-state index in [1.807, 2.05) is 24.3 Å². The van der Waals surface area contributed by atoms with Gasteiger partial charge in [0.05, 0.1) is 12.0 Å². The highest BCUT2D eigenvalue weighted by atomic mass is 35.5. The lowest BCUT2D eigenvalue weighted by atomic mass is 10.00. The van der Waals surface area contributed by atoms with E-state index in [1.165, 1.54) is 6.07 Å². The van der Waals surface area contributed by atoms with Crippen molar-refractivity contribution in [1.82, 2.24) is 0 Å². The number of aryl methyl sites for hydroxylation is 1. The van der Waals surface area contributed by atoms with E-state index in [9.17, 15) is 8.78 Å². The predicted molar refractivity (Wildman–Crippen MR) is 80.8 cm³/mol. The molecule has 4 heteroatoms. The fourth-order valence-corrected chi connectivity index (χ4v) is 2.44. The lowest BCUT2D eigenvalue weighted by Gasteiger charge is -2.13. The van der Waals surface area contributed by atoms with Gasteiger partial charge in [-0.1, -0.05) is 24.3 Å². The van der Waals surface area contributed by atoms with Crippen molar-refractivity contribution in [3.63, 3.8) is 0 Å². The third-order valence-electron chi connectivity index (χ3n) is 3.42. The Morgan fingerprint density at radius 3 is 2.38 bits per heavy atom. The van der Waals surface area contributed by atoms with Gasteiger partial charge in [-0.3, -0.25) is 0 Å². The van der Waals surface area contributed by atoms with Crippen molar-refractivity contribution in [2.45, 2.75) is 18.7 Å². The zero-order chi connectivity index (χ0) is 15.4. The van der Waals surface area contributed by atoms with Crippen LogP contribution in [0, 0.1) is 18.6 Å². The summed E-state index contributed by atoms with van der Waals surface area (Å²) in [5, 5.41) is -0.638. The summed E-state index contributed by atoms with van der Waals surface area (Å²) in [6.07, 6.45) is 0.813. The van der Waals surface area contributed by atoms with Gasteiger partial charge in [0, 0.05) is 18.7 Å². The molecule has 0 fully saturated rings. The minimum atomic E-state index is -0.638. The fourth-order valence-electron chi connectivity index (χ4n) is 2.13. The molecule has 0 aliphatic rings. The fraction of sp³-hybridized carbons (Fsp3) is 0.294. The maximum Gasteiger partial charge on any atom is 0.131 e. The first-order valence-electron chi connectivity index (χ1n) is 6.70. The van der Waals surface area contributed by atoms with Gasteiger partial charge in [0.2, 0.25) is 0 Å². The molecule has 21 heavy (non-hydrogen) atoms. The van der Waals surface area contributed by atoms with Crippen LogP contribution in [0.25, 0.3) is 0 Å². The summed E-state index contributed by atoms with van der Waals surface area (Å²) in [5.74, 6) is -1.18. The van der Waals surface area contributed by atoms with Gasteiger partial charge in [0.15, 0.2) is 0 Å². The van der Waals surface area contributed by atoms with E-state index in [4.69, 9.17) is 16.3 Å². The molecule has 1 nitrogen and oxygen atoms in total. The molecule has 0 heterocycles. The lowest BCUT2D eigenvalue weighted by molar-refractivity contribution is 0.202. The van der Waals surface area contributed by atoms with Crippen molar-refractivity contribution >= 4 is 11.6 Å². The summed E-state index contributed by atoms with van der Waals surface area (Å²) in [5.41, 5.74) is 2.58. The molecule has 0 radical (unpaired) electrons. The quantitative estimate of drug-likeness (QED) is 0.721. The highest BCUT2D eigenvalue weighted by Crippen LogP contribution is 2.32. The maximum atomic E-state index is 13.9. The number of alkyl halides is 1. The monoisotopic (exact) mass is 310 g/mol. The van der Waals surface area contributed by atoms with Gasteiger partial charge in [0.25, 0.3) is 0 Å². The van der Waals surface area contributed by atoms with Crippen LogP contribution in [-0.4, -0.2) is 13.7 Å². The number of hydrogen-bond acceptors (Lipinski definition) is 1. The zero-order valence-electron chi connectivity index (χ0n) is 12.0. The lowest BCUT2D eigenvalue weighted by Crippen LogP contribution is -2.00. The largest absolute Gasteiger partial charge is 0.384 e. The Morgan fingerprint density at radius 1 is 1.10 bits per heavy atom. The highest BCUT2D eigenvalue weighted by Gasteiger charge is 2.17. The molecule has 0 bridgehead atoms. The van der Waals surface area contributed by atoms with Crippen molar-refractivity contribution in [1.29, 1.82) is 0 Å². The molecular weight excluding hydrogens is 294 g/mol. The maximum absolute atomic E-state index is 13.9. The Hall–Kier alpha value is -1.45. The minimum Gasteiger partial charge on any atom is -0.384 e. The van der Waals surface area contributed by atoms with E-state index < -0.39 is 17.0 Å². The van der Waals surface area contributed by atoms with Gasteiger partial charge in [-0.25, -0.2) is 8.78 Å².